The monoisotopic (exact) mass is 212 g/mol. The summed E-state index contributed by atoms with van der Waals surface area (Å²) in [5.74, 6) is 1.88. The first-order chi connectivity index (χ1) is 6.70. The van der Waals surface area contributed by atoms with Crippen molar-refractivity contribution in [2.75, 3.05) is 11.5 Å². The molecule has 0 saturated carbocycles. The average Bonchev–Trinajstić information content (AvgIpc) is 2.15. The van der Waals surface area contributed by atoms with Crippen LogP contribution in [0.25, 0.3) is 0 Å². The van der Waals surface area contributed by atoms with Crippen LogP contribution in [-0.2, 0) is 6.54 Å². The zero-order chi connectivity index (χ0) is 10.4. The second-order valence-electron chi connectivity index (χ2n) is 3.28. The molecule has 4 heteroatoms. The Morgan fingerprint density at radius 2 is 2.36 bits per heavy atom. The second kappa shape index (κ2) is 5.88. The molecule has 0 spiro atoms. The average molecular weight is 212 g/mol. The van der Waals surface area contributed by atoms with E-state index in [0.29, 0.717) is 0 Å². The lowest BCUT2D eigenvalue weighted by molar-refractivity contribution is 0.733. The highest BCUT2D eigenvalue weighted by Crippen LogP contribution is 2.01. The lowest BCUT2D eigenvalue weighted by atomic mass is 10.4. The van der Waals surface area contributed by atoms with Gasteiger partial charge in [-0.2, -0.15) is 11.8 Å². The van der Waals surface area contributed by atoms with Gasteiger partial charge in [-0.3, -0.25) is 4.79 Å². The van der Waals surface area contributed by atoms with Crippen LogP contribution in [0.1, 0.15) is 6.92 Å². The first kappa shape index (κ1) is 11.3. The van der Waals surface area contributed by atoms with Crippen molar-refractivity contribution in [1.82, 2.24) is 4.57 Å². The van der Waals surface area contributed by atoms with Crippen LogP contribution in [0, 0.1) is 0 Å². The molecule has 0 aromatic carbocycles. The number of aromatic nitrogens is 1. The molecule has 14 heavy (non-hydrogen) atoms. The van der Waals surface area contributed by atoms with Gasteiger partial charge in [0.1, 0.15) is 0 Å². The molecule has 0 bridgehead atoms. The highest BCUT2D eigenvalue weighted by atomic mass is 32.2. The van der Waals surface area contributed by atoms with Crippen LogP contribution in [0.5, 0.6) is 0 Å². The number of pyridine rings is 1. The first-order valence-electron chi connectivity index (χ1n) is 4.69. The Bertz CT molecular complexity index is 322. The molecule has 0 saturated heterocycles. The number of aryl methyl sites for hydroxylation is 1. The predicted molar refractivity (Wildman–Crippen MR) is 61.7 cm³/mol. The summed E-state index contributed by atoms with van der Waals surface area (Å²) in [5.41, 5.74) is 5.68. The maximum Gasteiger partial charge on any atom is 0.250 e. The van der Waals surface area contributed by atoms with Gasteiger partial charge in [0.05, 0.1) is 0 Å². The Hall–Kier alpha value is -0.740. The van der Waals surface area contributed by atoms with Gasteiger partial charge in [0.25, 0.3) is 5.56 Å². The molecule has 0 fully saturated rings. The summed E-state index contributed by atoms with van der Waals surface area (Å²) in [7, 11) is 0. The van der Waals surface area contributed by atoms with Crippen molar-refractivity contribution in [3.63, 3.8) is 0 Å². The van der Waals surface area contributed by atoms with Crippen molar-refractivity contribution in [3.05, 3.63) is 34.7 Å². The van der Waals surface area contributed by atoms with E-state index in [9.17, 15) is 4.79 Å². The molecule has 0 aliphatic heterocycles. The smallest absolute Gasteiger partial charge is 0.250 e. The van der Waals surface area contributed by atoms with Gasteiger partial charge < -0.3 is 10.3 Å². The second-order valence-corrected chi connectivity index (χ2v) is 4.43. The Kier molecular flexibility index (Phi) is 4.76. The molecule has 1 aromatic heterocycles. The normalized spacial score (nSPS) is 12.7. The predicted octanol–water partition coefficient (Wildman–Crippen LogP) is 0.929. The fraction of sp³-hybridized carbons (Fsp3) is 0.500. The number of nitrogens with two attached hydrogens (primary N) is 1. The van der Waals surface area contributed by atoms with Crippen molar-refractivity contribution in [2.24, 2.45) is 5.73 Å². The zero-order valence-electron chi connectivity index (χ0n) is 8.35. The minimum absolute atomic E-state index is 0.0638. The molecule has 0 aliphatic rings. The van der Waals surface area contributed by atoms with E-state index >= 15 is 0 Å². The van der Waals surface area contributed by atoms with Gasteiger partial charge in [-0.15, -0.1) is 0 Å². The van der Waals surface area contributed by atoms with Crippen LogP contribution in [-0.4, -0.2) is 22.1 Å². The lowest BCUT2D eigenvalue weighted by Crippen LogP contribution is -2.21. The van der Waals surface area contributed by atoms with E-state index in [4.69, 9.17) is 5.73 Å². The van der Waals surface area contributed by atoms with Crippen LogP contribution in [0.2, 0.25) is 0 Å². The van der Waals surface area contributed by atoms with Gasteiger partial charge in [0, 0.05) is 36.4 Å². The third-order valence-corrected chi connectivity index (χ3v) is 2.99. The minimum atomic E-state index is 0.0638. The van der Waals surface area contributed by atoms with Gasteiger partial charge in [-0.1, -0.05) is 6.07 Å². The number of thioether (sulfide) groups is 1. The molecular formula is C10H16N2OS. The summed E-state index contributed by atoms with van der Waals surface area (Å²) in [6, 6.07) is 5.44. The molecule has 1 heterocycles. The SMILES string of the molecule is CC(N)CSCCn1ccccc1=O. The highest BCUT2D eigenvalue weighted by Gasteiger charge is 1.96. The summed E-state index contributed by atoms with van der Waals surface area (Å²) in [6.45, 7) is 2.75. The van der Waals surface area contributed by atoms with E-state index in [-0.39, 0.29) is 11.6 Å². The molecule has 1 aromatic rings. The van der Waals surface area contributed by atoms with E-state index in [2.05, 4.69) is 0 Å². The number of nitrogens with zero attached hydrogens (tertiary/aromatic N) is 1. The molecule has 0 aliphatic carbocycles. The maximum absolute atomic E-state index is 11.3. The number of rotatable bonds is 5. The van der Waals surface area contributed by atoms with Crippen molar-refractivity contribution < 1.29 is 0 Å². The Labute approximate surface area is 88.3 Å². The van der Waals surface area contributed by atoms with E-state index in [1.165, 1.54) is 0 Å². The first-order valence-corrected chi connectivity index (χ1v) is 5.84. The van der Waals surface area contributed by atoms with Crippen molar-refractivity contribution >= 4 is 11.8 Å². The van der Waals surface area contributed by atoms with Gasteiger partial charge in [0.2, 0.25) is 0 Å². The van der Waals surface area contributed by atoms with E-state index in [0.717, 1.165) is 18.1 Å². The minimum Gasteiger partial charge on any atom is -0.327 e. The molecule has 1 rings (SSSR count). The van der Waals surface area contributed by atoms with Gasteiger partial charge in [-0.05, 0) is 13.0 Å². The number of hydrogen-bond donors (Lipinski definition) is 1. The number of hydrogen-bond acceptors (Lipinski definition) is 3. The summed E-state index contributed by atoms with van der Waals surface area (Å²) < 4.78 is 1.72. The Morgan fingerprint density at radius 3 is 3.00 bits per heavy atom. The lowest BCUT2D eigenvalue weighted by Gasteiger charge is -2.06. The standard InChI is InChI=1S/C10H16N2OS/c1-9(11)8-14-7-6-12-5-3-2-4-10(12)13/h2-5,9H,6-8,11H2,1H3. The van der Waals surface area contributed by atoms with Crippen LogP contribution in [0.3, 0.4) is 0 Å². The summed E-state index contributed by atoms with van der Waals surface area (Å²) >= 11 is 1.78. The van der Waals surface area contributed by atoms with Crippen molar-refractivity contribution in [1.29, 1.82) is 0 Å². The van der Waals surface area contributed by atoms with Crippen LogP contribution >= 0.6 is 11.8 Å². The molecule has 2 N–H and O–H groups in total. The summed E-state index contributed by atoms with van der Waals surface area (Å²) in [4.78, 5) is 11.3. The third kappa shape index (κ3) is 3.98. The maximum atomic E-state index is 11.3. The van der Waals surface area contributed by atoms with E-state index < -0.39 is 0 Å². The molecule has 0 radical (unpaired) electrons. The molecule has 1 unspecified atom stereocenters. The molecule has 0 amide bonds. The molecule has 1 atom stereocenters. The molecular weight excluding hydrogens is 196 g/mol. The van der Waals surface area contributed by atoms with E-state index in [1.54, 1.807) is 28.5 Å². The van der Waals surface area contributed by atoms with Gasteiger partial charge in [0.15, 0.2) is 0 Å². The molecule has 3 nitrogen and oxygen atoms in total. The fourth-order valence-electron chi connectivity index (χ4n) is 1.08. The molecule has 78 valence electrons. The Balaban J connectivity index is 2.32. The van der Waals surface area contributed by atoms with Gasteiger partial charge in [-0.25, -0.2) is 0 Å². The third-order valence-electron chi connectivity index (χ3n) is 1.76. The van der Waals surface area contributed by atoms with E-state index in [1.807, 2.05) is 19.2 Å². The topological polar surface area (TPSA) is 48.0 Å². The summed E-state index contributed by atoms with van der Waals surface area (Å²) in [5, 5.41) is 0. The van der Waals surface area contributed by atoms with Gasteiger partial charge >= 0.3 is 0 Å². The Morgan fingerprint density at radius 1 is 1.57 bits per heavy atom. The largest absolute Gasteiger partial charge is 0.327 e. The van der Waals surface area contributed by atoms with Crippen LogP contribution in [0.15, 0.2) is 29.2 Å². The van der Waals surface area contributed by atoms with Crippen LogP contribution < -0.4 is 11.3 Å². The van der Waals surface area contributed by atoms with Crippen LogP contribution in [0.4, 0.5) is 0 Å². The quantitative estimate of drug-likeness (QED) is 0.739. The highest BCUT2D eigenvalue weighted by molar-refractivity contribution is 7.99. The van der Waals surface area contributed by atoms with Crippen molar-refractivity contribution in [3.8, 4) is 0 Å². The summed E-state index contributed by atoms with van der Waals surface area (Å²) in [6.07, 6.45) is 1.81. The van der Waals surface area contributed by atoms with Crippen molar-refractivity contribution in [2.45, 2.75) is 19.5 Å². The fourth-order valence-corrected chi connectivity index (χ4v) is 1.94. The zero-order valence-corrected chi connectivity index (χ0v) is 9.17.